The second kappa shape index (κ2) is 7.74. The maximum Gasteiger partial charge on any atom is 0.192 e. The van der Waals surface area contributed by atoms with Crippen molar-refractivity contribution in [2.75, 3.05) is 14.2 Å². The molecule has 5 rings (SSSR count). The van der Waals surface area contributed by atoms with Gasteiger partial charge in [-0.25, -0.2) is 0 Å². The van der Waals surface area contributed by atoms with Gasteiger partial charge in [0.15, 0.2) is 28.3 Å². The van der Waals surface area contributed by atoms with Gasteiger partial charge in [0.05, 0.1) is 19.5 Å². The Morgan fingerprint density at radius 3 is 2.43 bits per heavy atom. The number of nitrogens with zero attached hydrogens (tertiary/aromatic N) is 3. The average Bonchev–Trinajstić information content (AvgIpc) is 3.45. The molecule has 154 valence electrons. The highest BCUT2D eigenvalue weighted by atomic mass is 79.9. The van der Waals surface area contributed by atoms with Gasteiger partial charge in [-0.2, -0.15) is 0 Å². The minimum absolute atomic E-state index is 0.103. The first-order valence-electron chi connectivity index (χ1n) is 9.75. The zero-order valence-electron chi connectivity index (χ0n) is 16.6. The summed E-state index contributed by atoms with van der Waals surface area (Å²) in [5.74, 6) is 2.19. The van der Waals surface area contributed by atoms with Gasteiger partial charge in [0.2, 0.25) is 0 Å². The number of fused-ring (bicyclic) bond motifs is 1. The van der Waals surface area contributed by atoms with Crippen molar-refractivity contribution >= 4 is 33.5 Å². The van der Waals surface area contributed by atoms with E-state index in [0.29, 0.717) is 29.5 Å². The highest BCUT2D eigenvalue weighted by molar-refractivity contribution is 9.10. The molecule has 3 aromatic rings. The summed E-state index contributed by atoms with van der Waals surface area (Å²) in [6.07, 6.45) is 2.87. The molecule has 0 amide bonds. The molecule has 0 radical (unpaired) electrons. The fourth-order valence-electron chi connectivity index (χ4n) is 3.82. The van der Waals surface area contributed by atoms with E-state index in [1.54, 1.807) is 20.3 Å². The predicted octanol–water partition coefficient (Wildman–Crippen LogP) is 4.96. The van der Waals surface area contributed by atoms with Crippen LogP contribution in [0.25, 0.3) is 11.4 Å². The maximum absolute atomic E-state index is 13.1. The molecule has 1 heterocycles. The maximum atomic E-state index is 13.1. The summed E-state index contributed by atoms with van der Waals surface area (Å²) in [6.45, 7) is 0. The molecule has 8 heteroatoms. The van der Waals surface area contributed by atoms with E-state index in [9.17, 15) is 4.79 Å². The number of aromatic nitrogens is 3. The minimum atomic E-state index is -0.226. The lowest BCUT2D eigenvalue weighted by Gasteiger charge is -2.11. The molecule has 0 saturated heterocycles. The summed E-state index contributed by atoms with van der Waals surface area (Å²) >= 11 is 4.99. The quantitative estimate of drug-likeness (QED) is 0.491. The lowest BCUT2D eigenvalue weighted by molar-refractivity contribution is 0.1000. The fourth-order valence-corrected chi connectivity index (χ4v) is 5.28. The summed E-state index contributed by atoms with van der Waals surface area (Å²) < 4.78 is 14.0. The van der Waals surface area contributed by atoms with Gasteiger partial charge < -0.3 is 9.47 Å². The van der Waals surface area contributed by atoms with Crippen LogP contribution in [0.15, 0.2) is 46.0 Å². The number of ether oxygens (including phenoxy) is 2. The molecule has 0 N–H and O–H groups in total. The van der Waals surface area contributed by atoms with Gasteiger partial charge in [-0.15, -0.1) is 10.2 Å². The number of carbonyl (C=O) groups is 1. The number of hydrogen-bond donors (Lipinski definition) is 0. The number of thioether (sulfide) groups is 1. The summed E-state index contributed by atoms with van der Waals surface area (Å²) in [6, 6.07) is 12.2. The first-order chi connectivity index (χ1) is 14.6. The van der Waals surface area contributed by atoms with Crippen LogP contribution in [-0.4, -0.2) is 40.0 Å². The Labute approximate surface area is 187 Å². The fraction of sp³-hybridized carbons (Fsp3) is 0.318. The lowest BCUT2D eigenvalue weighted by Crippen LogP contribution is -2.13. The Balaban J connectivity index is 1.45. The molecule has 0 aliphatic heterocycles. The monoisotopic (exact) mass is 485 g/mol. The Kier molecular flexibility index (Phi) is 5.06. The van der Waals surface area contributed by atoms with Crippen LogP contribution >= 0.6 is 27.7 Å². The van der Waals surface area contributed by atoms with E-state index in [2.05, 4.69) is 30.7 Å². The average molecular weight is 486 g/mol. The molecule has 1 aromatic heterocycles. The van der Waals surface area contributed by atoms with Crippen LogP contribution in [0, 0.1) is 0 Å². The van der Waals surface area contributed by atoms with Crippen LogP contribution in [0.3, 0.4) is 0 Å². The largest absolute Gasteiger partial charge is 0.493 e. The van der Waals surface area contributed by atoms with Crippen LogP contribution in [0.5, 0.6) is 11.5 Å². The molecule has 30 heavy (non-hydrogen) atoms. The summed E-state index contributed by atoms with van der Waals surface area (Å²) in [7, 11) is 3.19. The number of ketones is 1. The number of carbonyl (C=O) groups excluding carboxylic acids is 1. The highest BCUT2D eigenvalue weighted by Crippen LogP contribution is 2.44. The molecular formula is C22H20BrN3O3S. The lowest BCUT2D eigenvalue weighted by atomic mass is 10.1. The molecular weight excluding hydrogens is 466 g/mol. The van der Waals surface area contributed by atoms with E-state index in [1.165, 1.54) is 11.8 Å². The number of methoxy groups -OCH3 is 2. The van der Waals surface area contributed by atoms with Crippen molar-refractivity contribution in [3.8, 4) is 22.9 Å². The van der Waals surface area contributed by atoms with Crippen LogP contribution in [0.1, 0.15) is 34.8 Å². The highest BCUT2D eigenvalue weighted by Gasteiger charge is 2.36. The van der Waals surface area contributed by atoms with Crippen LogP contribution in [-0.2, 0) is 6.42 Å². The third-order valence-electron chi connectivity index (χ3n) is 5.50. The number of rotatable bonds is 6. The van der Waals surface area contributed by atoms with Crippen molar-refractivity contribution < 1.29 is 14.3 Å². The van der Waals surface area contributed by atoms with Crippen molar-refractivity contribution in [2.45, 2.75) is 35.7 Å². The van der Waals surface area contributed by atoms with Crippen molar-refractivity contribution in [3.05, 3.63) is 52.0 Å². The first-order valence-corrected chi connectivity index (χ1v) is 11.4. The second-order valence-electron chi connectivity index (χ2n) is 7.45. The third kappa shape index (κ3) is 3.41. The van der Waals surface area contributed by atoms with Crippen LogP contribution < -0.4 is 9.47 Å². The third-order valence-corrected chi connectivity index (χ3v) is 7.18. The zero-order valence-corrected chi connectivity index (χ0v) is 19.0. The number of benzene rings is 2. The Hall–Kier alpha value is -2.32. The van der Waals surface area contributed by atoms with E-state index in [-0.39, 0.29) is 11.0 Å². The van der Waals surface area contributed by atoms with Crippen molar-refractivity contribution in [2.24, 2.45) is 0 Å². The standard InChI is InChI=1S/C22H20BrN3O3S/c1-28-17-9-13-10-19(20(27)16(13)11-18(17)29-2)30-22-25-24-21(26(22)15-7-8-15)12-3-5-14(23)6-4-12/h3-6,9,11,15,19H,7-8,10H2,1-2H3/t19-/m1/s1. The van der Waals surface area contributed by atoms with E-state index in [0.717, 1.165) is 39.4 Å². The van der Waals surface area contributed by atoms with Gasteiger partial charge >= 0.3 is 0 Å². The molecule has 1 saturated carbocycles. The van der Waals surface area contributed by atoms with Crippen molar-refractivity contribution in [3.63, 3.8) is 0 Å². The van der Waals surface area contributed by atoms with E-state index in [4.69, 9.17) is 9.47 Å². The molecule has 0 unspecified atom stereocenters. The van der Waals surface area contributed by atoms with Gasteiger partial charge in [0, 0.05) is 21.6 Å². The van der Waals surface area contributed by atoms with Gasteiger partial charge in [-0.3, -0.25) is 9.36 Å². The number of hydrogen-bond acceptors (Lipinski definition) is 6. The van der Waals surface area contributed by atoms with Crippen LogP contribution in [0.2, 0.25) is 0 Å². The Morgan fingerprint density at radius 2 is 1.77 bits per heavy atom. The minimum Gasteiger partial charge on any atom is -0.493 e. The molecule has 0 spiro atoms. The summed E-state index contributed by atoms with van der Waals surface area (Å²) in [5, 5.41) is 9.52. The van der Waals surface area contributed by atoms with Gasteiger partial charge in [0.25, 0.3) is 0 Å². The Bertz CT molecular complexity index is 1130. The molecule has 2 aliphatic carbocycles. The first kappa shape index (κ1) is 19.6. The van der Waals surface area contributed by atoms with Gasteiger partial charge in [-0.05, 0) is 49.1 Å². The summed E-state index contributed by atoms with van der Waals surface area (Å²) in [4.78, 5) is 13.1. The van der Waals surface area contributed by atoms with Crippen molar-refractivity contribution in [1.29, 1.82) is 0 Å². The topological polar surface area (TPSA) is 66.2 Å². The normalized spacial score (nSPS) is 17.8. The van der Waals surface area contributed by atoms with E-state index in [1.807, 2.05) is 30.3 Å². The number of Topliss-reactive ketones (excluding diaryl/α,β-unsaturated/α-hetero) is 1. The molecule has 1 atom stereocenters. The van der Waals surface area contributed by atoms with E-state index < -0.39 is 0 Å². The van der Waals surface area contributed by atoms with E-state index >= 15 is 0 Å². The SMILES string of the molecule is COc1cc2c(cc1OC)C(=O)[C@H](Sc1nnc(-c3ccc(Br)cc3)n1C1CC1)C2. The van der Waals surface area contributed by atoms with Crippen LogP contribution in [0.4, 0.5) is 0 Å². The molecule has 1 fully saturated rings. The molecule has 2 aliphatic rings. The number of halogens is 1. The Morgan fingerprint density at radius 1 is 1.07 bits per heavy atom. The molecule has 2 aromatic carbocycles. The smallest absolute Gasteiger partial charge is 0.192 e. The molecule has 6 nitrogen and oxygen atoms in total. The molecule has 0 bridgehead atoms. The van der Waals surface area contributed by atoms with Gasteiger partial charge in [0.1, 0.15) is 0 Å². The predicted molar refractivity (Wildman–Crippen MR) is 119 cm³/mol. The second-order valence-corrected chi connectivity index (χ2v) is 9.54. The zero-order chi connectivity index (χ0) is 20.8. The van der Waals surface area contributed by atoms with Gasteiger partial charge in [-0.1, -0.05) is 39.8 Å². The summed E-state index contributed by atoms with van der Waals surface area (Å²) in [5.41, 5.74) is 2.72. The van der Waals surface area contributed by atoms with Crippen molar-refractivity contribution in [1.82, 2.24) is 14.8 Å².